The lowest BCUT2D eigenvalue weighted by atomic mass is 9.84. The van der Waals surface area contributed by atoms with E-state index in [-0.39, 0.29) is 0 Å². The van der Waals surface area contributed by atoms with Gasteiger partial charge in [-0.05, 0) is 32.8 Å². The van der Waals surface area contributed by atoms with Gasteiger partial charge in [0.15, 0.2) is 0 Å². The Hall–Kier alpha value is -0.800. The summed E-state index contributed by atoms with van der Waals surface area (Å²) in [4.78, 5) is 5.35. The lowest BCUT2D eigenvalue weighted by Crippen LogP contribution is -2.71. The summed E-state index contributed by atoms with van der Waals surface area (Å²) in [5, 5.41) is 3.47. The predicted molar refractivity (Wildman–Crippen MR) is 70.6 cm³/mol. The van der Waals surface area contributed by atoms with Crippen LogP contribution in [0, 0.1) is 0 Å². The van der Waals surface area contributed by atoms with Crippen LogP contribution >= 0.6 is 0 Å². The highest BCUT2D eigenvalue weighted by Crippen LogP contribution is 2.49. The Bertz CT molecular complexity index is 366. The molecule has 3 saturated heterocycles. The van der Waals surface area contributed by atoms with Crippen molar-refractivity contribution in [2.75, 3.05) is 26.2 Å². The van der Waals surface area contributed by atoms with Crippen molar-refractivity contribution in [3.05, 3.63) is 23.9 Å². The number of hydrogen-bond acceptors (Lipinski definition) is 3. The van der Waals surface area contributed by atoms with Gasteiger partial charge in [0, 0.05) is 37.9 Å². The van der Waals surface area contributed by atoms with Crippen molar-refractivity contribution in [2.24, 2.45) is 0 Å². The van der Waals surface area contributed by atoms with Gasteiger partial charge < -0.3 is 5.32 Å². The molecule has 3 aliphatic rings. The van der Waals surface area contributed by atoms with E-state index in [2.05, 4.69) is 41.6 Å². The maximum absolute atomic E-state index is 4.05. The van der Waals surface area contributed by atoms with E-state index >= 15 is 0 Å². The Labute approximate surface area is 104 Å². The summed E-state index contributed by atoms with van der Waals surface area (Å²) in [6, 6.07) is 0.688. The molecule has 0 saturated carbocycles. The molecule has 3 aliphatic heterocycles. The van der Waals surface area contributed by atoms with Gasteiger partial charge in [0.1, 0.15) is 0 Å². The highest BCUT2D eigenvalue weighted by Gasteiger charge is 2.61. The van der Waals surface area contributed by atoms with Crippen LogP contribution < -0.4 is 5.32 Å². The molecule has 0 aromatic heterocycles. The molecule has 3 nitrogen and oxygen atoms in total. The van der Waals surface area contributed by atoms with Gasteiger partial charge in [0.2, 0.25) is 0 Å². The van der Waals surface area contributed by atoms with Gasteiger partial charge in [0.05, 0.1) is 5.66 Å². The highest BCUT2D eigenvalue weighted by atomic mass is 15.6. The Morgan fingerprint density at radius 1 is 1.41 bits per heavy atom. The molecule has 1 spiro atoms. The van der Waals surface area contributed by atoms with E-state index in [4.69, 9.17) is 0 Å². The van der Waals surface area contributed by atoms with E-state index in [0.29, 0.717) is 11.7 Å². The van der Waals surface area contributed by atoms with Gasteiger partial charge in [0.25, 0.3) is 0 Å². The van der Waals surface area contributed by atoms with E-state index in [1.807, 2.05) is 0 Å². The van der Waals surface area contributed by atoms with Crippen LogP contribution in [-0.2, 0) is 0 Å². The fourth-order valence-electron chi connectivity index (χ4n) is 3.60. The highest BCUT2D eigenvalue weighted by molar-refractivity contribution is 5.18. The van der Waals surface area contributed by atoms with Gasteiger partial charge in [-0.2, -0.15) is 0 Å². The van der Waals surface area contributed by atoms with E-state index in [9.17, 15) is 0 Å². The molecule has 94 valence electrons. The zero-order valence-electron chi connectivity index (χ0n) is 11.0. The van der Waals surface area contributed by atoms with Crippen molar-refractivity contribution in [1.82, 2.24) is 15.1 Å². The monoisotopic (exact) mass is 233 g/mol. The van der Waals surface area contributed by atoms with Crippen molar-refractivity contribution >= 4 is 0 Å². The second kappa shape index (κ2) is 3.85. The third kappa shape index (κ3) is 1.64. The summed E-state index contributed by atoms with van der Waals surface area (Å²) in [5.41, 5.74) is 2.86. The first-order chi connectivity index (χ1) is 8.12. The zero-order valence-corrected chi connectivity index (χ0v) is 11.0. The molecule has 0 aromatic carbocycles. The van der Waals surface area contributed by atoms with Crippen LogP contribution in [-0.4, -0.2) is 47.7 Å². The smallest absolute Gasteiger partial charge is 0.0766 e. The van der Waals surface area contributed by atoms with E-state index in [1.165, 1.54) is 38.0 Å². The Morgan fingerprint density at radius 3 is 2.65 bits per heavy atom. The third-order valence-electron chi connectivity index (χ3n) is 4.56. The van der Waals surface area contributed by atoms with Crippen molar-refractivity contribution in [3.63, 3.8) is 0 Å². The first kappa shape index (κ1) is 11.3. The SMILES string of the molecule is C=C(C=C(C)C)NCC1CN2CCC23CCN13. The minimum atomic E-state index is 0.504. The number of allylic oxidation sites excluding steroid dienone is 2. The molecule has 3 fully saturated rings. The van der Waals surface area contributed by atoms with Crippen LogP contribution in [0.1, 0.15) is 26.7 Å². The van der Waals surface area contributed by atoms with Crippen molar-refractivity contribution in [1.29, 1.82) is 0 Å². The molecular formula is C14H23N3. The summed E-state index contributed by atoms with van der Waals surface area (Å²) >= 11 is 0. The first-order valence-electron chi connectivity index (χ1n) is 6.71. The summed E-state index contributed by atoms with van der Waals surface area (Å²) in [5.74, 6) is 0. The second-order valence-electron chi connectivity index (χ2n) is 5.90. The molecule has 2 unspecified atom stereocenters. The summed E-state index contributed by atoms with van der Waals surface area (Å²) in [6.45, 7) is 13.2. The number of nitrogens with one attached hydrogen (secondary N) is 1. The standard InChI is InChI=1S/C14H23N3/c1-11(2)8-12(3)15-9-13-10-16-6-4-14(16)5-7-17(13)14/h8,13,15H,3-7,9-10H2,1-2H3. The van der Waals surface area contributed by atoms with Crippen molar-refractivity contribution in [2.45, 2.75) is 38.4 Å². The summed E-state index contributed by atoms with van der Waals surface area (Å²) < 4.78 is 0. The maximum atomic E-state index is 4.05. The van der Waals surface area contributed by atoms with Crippen LogP contribution in [0.25, 0.3) is 0 Å². The Kier molecular flexibility index (Phi) is 2.56. The van der Waals surface area contributed by atoms with Gasteiger partial charge in [-0.25, -0.2) is 0 Å². The van der Waals surface area contributed by atoms with Gasteiger partial charge >= 0.3 is 0 Å². The van der Waals surface area contributed by atoms with E-state index < -0.39 is 0 Å². The average molecular weight is 233 g/mol. The summed E-state index contributed by atoms with van der Waals surface area (Å²) in [7, 11) is 0. The molecule has 17 heavy (non-hydrogen) atoms. The van der Waals surface area contributed by atoms with Crippen LogP contribution in [0.15, 0.2) is 23.9 Å². The summed E-state index contributed by atoms with van der Waals surface area (Å²) in [6.07, 6.45) is 4.90. The van der Waals surface area contributed by atoms with Crippen LogP contribution in [0.5, 0.6) is 0 Å². The quantitative estimate of drug-likeness (QED) is 0.743. The maximum Gasteiger partial charge on any atom is 0.0766 e. The molecule has 0 aromatic rings. The number of nitrogens with zero attached hydrogens (tertiary/aromatic N) is 2. The fourth-order valence-corrected chi connectivity index (χ4v) is 3.60. The lowest BCUT2D eigenvalue weighted by Gasteiger charge is -2.60. The Balaban J connectivity index is 1.54. The minimum absolute atomic E-state index is 0.504. The average Bonchev–Trinajstić information content (AvgIpc) is 2.29. The van der Waals surface area contributed by atoms with Crippen LogP contribution in [0.2, 0.25) is 0 Å². The normalized spacial score (nSPS) is 35.3. The molecule has 0 amide bonds. The van der Waals surface area contributed by atoms with Crippen molar-refractivity contribution < 1.29 is 0 Å². The van der Waals surface area contributed by atoms with Crippen LogP contribution in [0.3, 0.4) is 0 Å². The second-order valence-corrected chi connectivity index (χ2v) is 5.90. The molecule has 1 N–H and O–H groups in total. The molecule has 3 heterocycles. The predicted octanol–water partition coefficient (Wildman–Crippen LogP) is 1.55. The van der Waals surface area contributed by atoms with Crippen LogP contribution in [0.4, 0.5) is 0 Å². The molecule has 0 aliphatic carbocycles. The topological polar surface area (TPSA) is 18.5 Å². The largest absolute Gasteiger partial charge is 0.384 e. The van der Waals surface area contributed by atoms with E-state index in [1.54, 1.807) is 0 Å². The fraction of sp³-hybridized carbons (Fsp3) is 0.714. The lowest BCUT2D eigenvalue weighted by molar-refractivity contribution is -0.146. The van der Waals surface area contributed by atoms with Crippen molar-refractivity contribution in [3.8, 4) is 0 Å². The molecule has 0 bridgehead atoms. The molecular weight excluding hydrogens is 210 g/mol. The van der Waals surface area contributed by atoms with Gasteiger partial charge in [-0.1, -0.05) is 12.2 Å². The minimum Gasteiger partial charge on any atom is -0.384 e. The zero-order chi connectivity index (χ0) is 12.0. The molecule has 0 radical (unpaired) electrons. The van der Waals surface area contributed by atoms with Gasteiger partial charge in [-0.3, -0.25) is 9.80 Å². The van der Waals surface area contributed by atoms with Gasteiger partial charge in [-0.15, -0.1) is 0 Å². The molecule has 2 atom stereocenters. The molecule has 3 rings (SSSR count). The third-order valence-corrected chi connectivity index (χ3v) is 4.56. The number of rotatable bonds is 4. The van der Waals surface area contributed by atoms with E-state index in [0.717, 1.165) is 12.2 Å². The molecule has 3 heteroatoms. The number of hydrogen-bond donors (Lipinski definition) is 1. The first-order valence-corrected chi connectivity index (χ1v) is 6.71. The Morgan fingerprint density at radius 2 is 2.18 bits per heavy atom.